The number of aliphatic hydroxyl groups excluding tert-OH is 1. The van der Waals surface area contributed by atoms with Gasteiger partial charge in [-0.25, -0.2) is 4.98 Å². The summed E-state index contributed by atoms with van der Waals surface area (Å²) in [5.74, 6) is 1.38. The third kappa shape index (κ3) is 2.95. The number of pyridine rings is 1. The third-order valence-electron chi connectivity index (χ3n) is 2.90. The van der Waals surface area contributed by atoms with Crippen LogP contribution in [-0.2, 0) is 0 Å². The summed E-state index contributed by atoms with van der Waals surface area (Å²) in [6.45, 7) is 0. The standard InChI is InChI=1S/C14H15ClN2O3/c1-19-10-3-8(4-11(6-10)20-2)13(18)12-5-9(15)7-17-14(12)16/h3-7,13,18H,1-2H3,(H2,16,17). The number of hydrogen-bond donors (Lipinski definition) is 2. The molecule has 0 bridgehead atoms. The molecule has 0 aliphatic heterocycles. The van der Waals surface area contributed by atoms with E-state index in [9.17, 15) is 5.11 Å². The van der Waals surface area contributed by atoms with Crippen molar-refractivity contribution in [1.82, 2.24) is 4.98 Å². The topological polar surface area (TPSA) is 77.6 Å². The van der Waals surface area contributed by atoms with Gasteiger partial charge in [0, 0.05) is 17.8 Å². The third-order valence-corrected chi connectivity index (χ3v) is 3.11. The molecule has 0 fully saturated rings. The number of halogens is 1. The Bertz CT molecular complexity index is 597. The zero-order valence-corrected chi connectivity index (χ0v) is 11.9. The second-order valence-corrected chi connectivity index (χ2v) is 4.61. The highest BCUT2D eigenvalue weighted by molar-refractivity contribution is 6.30. The van der Waals surface area contributed by atoms with Crippen molar-refractivity contribution in [2.24, 2.45) is 0 Å². The maximum atomic E-state index is 10.4. The second kappa shape index (κ2) is 5.98. The molecule has 0 amide bonds. The van der Waals surface area contributed by atoms with Gasteiger partial charge in [0.1, 0.15) is 23.4 Å². The Kier molecular flexibility index (Phi) is 4.32. The van der Waals surface area contributed by atoms with Gasteiger partial charge in [-0.1, -0.05) is 11.6 Å². The molecule has 0 saturated carbocycles. The van der Waals surface area contributed by atoms with Crippen molar-refractivity contribution < 1.29 is 14.6 Å². The summed E-state index contributed by atoms with van der Waals surface area (Å²) in [5.41, 5.74) is 6.79. The lowest BCUT2D eigenvalue weighted by Crippen LogP contribution is -2.06. The monoisotopic (exact) mass is 294 g/mol. The molecule has 0 radical (unpaired) electrons. The number of anilines is 1. The molecule has 1 aromatic carbocycles. The van der Waals surface area contributed by atoms with Crippen molar-refractivity contribution in [1.29, 1.82) is 0 Å². The number of nitrogens with two attached hydrogens (primary N) is 1. The van der Waals surface area contributed by atoms with Crippen LogP contribution < -0.4 is 15.2 Å². The van der Waals surface area contributed by atoms with E-state index in [-0.39, 0.29) is 5.82 Å². The number of rotatable bonds is 4. The number of nitrogen functional groups attached to an aromatic ring is 1. The van der Waals surface area contributed by atoms with Gasteiger partial charge in [-0.05, 0) is 23.8 Å². The average molecular weight is 295 g/mol. The predicted molar refractivity (Wildman–Crippen MR) is 77.3 cm³/mol. The number of ether oxygens (including phenoxy) is 2. The van der Waals surface area contributed by atoms with Crippen molar-refractivity contribution in [3.05, 3.63) is 46.6 Å². The molecule has 1 atom stereocenters. The van der Waals surface area contributed by atoms with E-state index < -0.39 is 6.10 Å². The lowest BCUT2D eigenvalue weighted by Gasteiger charge is -2.15. The van der Waals surface area contributed by atoms with E-state index in [2.05, 4.69) is 4.98 Å². The molecule has 1 unspecified atom stereocenters. The van der Waals surface area contributed by atoms with E-state index in [1.54, 1.807) is 38.5 Å². The molecule has 2 aromatic rings. The van der Waals surface area contributed by atoms with E-state index >= 15 is 0 Å². The van der Waals surface area contributed by atoms with Gasteiger partial charge in [0.2, 0.25) is 0 Å². The minimum atomic E-state index is -0.967. The first-order valence-corrected chi connectivity index (χ1v) is 6.25. The first kappa shape index (κ1) is 14.4. The molecule has 1 heterocycles. The second-order valence-electron chi connectivity index (χ2n) is 4.18. The van der Waals surface area contributed by atoms with Crippen LogP contribution in [0.25, 0.3) is 0 Å². The molecular formula is C14H15ClN2O3. The summed E-state index contributed by atoms with van der Waals surface area (Å²) in [7, 11) is 3.08. The maximum Gasteiger partial charge on any atom is 0.129 e. The zero-order valence-electron chi connectivity index (χ0n) is 11.1. The van der Waals surface area contributed by atoms with Crippen LogP contribution in [-0.4, -0.2) is 24.3 Å². The average Bonchev–Trinajstić information content (AvgIpc) is 2.48. The minimum Gasteiger partial charge on any atom is -0.497 e. The number of aromatic nitrogens is 1. The molecule has 0 saturated heterocycles. The van der Waals surface area contributed by atoms with Crippen LogP contribution in [0.4, 0.5) is 5.82 Å². The fraction of sp³-hybridized carbons (Fsp3) is 0.214. The maximum absolute atomic E-state index is 10.4. The Balaban J connectivity index is 2.46. The lowest BCUT2D eigenvalue weighted by atomic mass is 10.0. The van der Waals surface area contributed by atoms with E-state index in [1.807, 2.05) is 0 Å². The zero-order chi connectivity index (χ0) is 14.7. The molecule has 106 valence electrons. The van der Waals surface area contributed by atoms with Gasteiger partial charge in [-0.15, -0.1) is 0 Å². The summed E-state index contributed by atoms with van der Waals surface area (Å²) in [6, 6.07) is 6.71. The molecule has 20 heavy (non-hydrogen) atoms. The smallest absolute Gasteiger partial charge is 0.129 e. The molecule has 0 aliphatic carbocycles. The molecule has 5 nitrogen and oxygen atoms in total. The summed E-state index contributed by atoms with van der Waals surface area (Å²) in [6.07, 6.45) is 0.462. The molecule has 0 aliphatic rings. The van der Waals surface area contributed by atoms with Gasteiger partial charge < -0.3 is 20.3 Å². The van der Waals surface area contributed by atoms with E-state index in [1.165, 1.54) is 6.20 Å². The molecule has 2 rings (SSSR count). The molecule has 6 heteroatoms. The number of methoxy groups -OCH3 is 2. The van der Waals surface area contributed by atoms with Gasteiger partial charge in [0.05, 0.1) is 19.2 Å². The normalized spacial score (nSPS) is 12.0. The van der Waals surface area contributed by atoms with Crippen LogP contribution in [0.2, 0.25) is 5.02 Å². The Morgan fingerprint density at radius 3 is 2.30 bits per heavy atom. The van der Waals surface area contributed by atoms with Crippen LogP contribution in [0, 0.1) is 0 Å². The Morgan fingerprint density at radius 1 is 1.15 bits per heavy atom. The minimum absolute atomic E-state index is 0.226. The van der Waals surface area contributed by atoms with Crippen LogP contribution in [0.1, 0.15) is 17.2 Å². The molecule has 3 N–H and O–H groups in total. The van der Waals surface area contributed by atoms with E-state index in [0.29, 0.717) is 27.6 Å². The van der Waals surface area contributed by atoms with Crippen LogP contribution in [0.5, 0.6) is 11.5 Å². The van der Waals surface area contributed by atoms with Gasteiger partial charge in [-0.3, -0.25) is 0 Å². The van der Waals surface area contributed by atoms with E-state index in [4.69, 9.17) is 26.8 Å². The fourth-order valence-corrected chi connectivity index (χ4v) is 2.02. The fourth-order valence-electron chi connectivity index (χ4n) is 1.85. The Hall–Kier alpha value is -1.98. The highest BCUT2D eigenvalue weighted by Gasteiger charge is 2.17. The van der Waals surface area contributed by atoms with Crippen molar-refractivity contribution in [2.75, 3.05) is 20.0 Å². The largest absolute Gasteiger partial charge is 0.497 e. The highest BCUT2D eigenvalue weighted by atomic mass is 35.5. The van der Waals surface area contributed by atoms with Gasteiger partial charge in [0.15, 0.2) is 0 Å². The summed E-state index contributed by atoms with van der Waals surface area (Å²) in [5, 5.41) is 10.9. The Morgan fingerprint density at radius 2 is 1.75 bits per heavy atom. The van der Waals surface area contributed by atoms with Crippen LogP contribution >= 0.6 is 11.6 Å². The van der Waals surface area contributed by atoms with E-state index in [0.717, 1.165) is 0 Å². The summed E-state index contributed by atoms with van der Waals surface area (Å²) >= 11 is 5.89. The predicted octanol–water partition coefficient (Wildman–Crippen LogP) is 2.42. The highest BCUT2D eigenvalue weighted by Crippen LogP contribution is 2.32. The van der Waals surface area contributed by atoms with Gasteiger partial charge in [0.25, 0.3) is 0 Å². The van der Waals surface area contributed by atoms with Crippen LogP contribution in [0.3, 0.4) is 0 Å². The molecular weight excluding hydrogens is 280 g/mol. The first-order valence-electron chi connectivity index (χ1n) is 5.87. The SMILES string of the molecule is COc1cc(OC)cc(C(O)c2cc(Cl)cnc2N)c1. The van der Waals surface area contributed by atoms with Crippen LogP contribution in [0.15, 0.2) is 30.5 Å². The van der Waals surface area contributed by atoms with Gasteiger partial charge >= 0.3 is 0 Å². The first-order chi connectivity index (χ1) is 9.55. The molecule has 1 aromatic heterocycles. The van der Waals surface area contributed by atoms with Crippen molar-refractivity contribution >= 4 is 17.4 Å². The van der Waals surface area contributed by atoms with Crippen molar-refractivity contribution in [2.45, 2.75) is 6.10 Å². The summed E-state index contributed by atoms with van der Waals surface area (Å²) in [4.78, 5) is 3.93. The lowest BCUT2D eigenvalue weighted by molar-refractivity contribution is 0.219. The summed E-state index contributed by atoms with van der Waals surface area (Å²) < 4.78 is 10.3. The number of nitrogens with zero attached hydrogens (tertiary/aromatic N) is 1. The molecule has 0 spiro atoms. The van der Waals surface area contributed by atoms with Gasteiger partial charge in [-0.2, -0.15) is 0 Å². The van der Waals surface area contributed by atoms with Crippen molar-refractivity contribution in [3.63, 3.8) is 0 Å². The Labute approximate surface area is 121 Å². The quantitative estimate of drug-likeness (QED) is 0.905. The number of aliphatic hydroxyl groups is 1. The number of hydrogen-bond acceptors (Lipinski definition) is 5. The number of benzene rings is 1. The van der Waals surface area contributed by atoms with Crippen molar-refractivity contribution in [3.8, 4) is 11.5 Å².